The summed E-state index contributed by atoms with van der Waals surface area (Å²) in [5.41, 5.74) is 4.04. The smallest absolute Gasteiger partial charge is 0.308 e. The zero-order valence-corrected chi connectivity index (χ0v) is 32.4. The normalized spacial score (nSPS) is 17.1. The summed E-state index contributed by atoms with van der Waals surface area (Å²) in [6.07, 6.45) is 7.96. The fourth-order valence-corrected chi connectivity index (χ4v) is 7.73. The molecule has 0 saturated heterocycles. The highest BCUT2D eigenvalue weighted by atomic mass is 28.3. The predicted octanol–water partition coefficient (Wildman–Crippen LogP) is 8.43. The van der Waals surface area contributed by atoms with Crippen LogP contribution in [0.25, 0.3) is 27.7 Å². The third kappa shape index (κ3) is 10.4. The Labute approximate surface area is 292 Å². The van der Waals surface area contributed by atoms with E-state index in [1.165, 1.54) is 12.1 Å². The monoisotopic (exact) mass is 707 g/mol. The van der Waals surface area contributed by atoms with Gasteiger partial charge in [0.05, 0.1) is 24.2 Å². The Morgan fingerprint density at radius 2 is 1.61 bits per heavy atom. The summed E-state index contributed by atoms with van der Waals surface area (Å²) in [4.78, 5) is 24.3. The van der Waals surface area contributed by atoms with Gasteiger partial charge in [-0.3, -0.25) is 9.78 Å². The van der Waals surface area contributed by atoms with Crippen LogP contribution in [0.5, 0.6) is 0 Å². The number of rotatable bonds is 16. The third-order valence-electron chi connectivity index (χ3n) is 9.24. The summed E-state index contributed by atoms with van der Waals surface area (Å²) >= 11 is 0. The number of carbonyl (C=O) groups is 1. The number of carbonyl (C=O) groups excluding carboxylic acids is 1. The highest BCUT2D eigenvalue weighted by Gasteiger charge is 2.28. The van der Waals surface area contributed by atoms with Crippen LogP contribution in [0.15, 0.2) is 42.7 Å². The number of anilines is 1. The van der Waals surface area contributed by atoms with Crippen LogP contribution >= 0.6 is 0 Å². The standard InChI is InChI=1S/C37H54FN5O4Si2/c1-8-47-37(44)28-11-9-27(10-12-28)19-32-22-35(42(25-45-15-17-48(2,3)4)26-46-16-18-49(5,6)7)43-36(41-32)33(24-40-43)30-20-29-21-31(38)13-14-34(29)39-23-30/h13-14,20-24,27-28H,8-12,15-19,25-26H2,1-7H3. The molecule has 0 radical (unpaired) electrons. The highest BCUT2D eigenvalue weighted by Crippen LogP contribution is 2.34. The van der Waals surface area contributed by atoms with Crippen molar-refractivity contribution in [3.05, 3.63) is 54.2 Å². The average Bonchev–Trinajstić information content (AvgIpc) is 3.47. The van der Waals surface area contributed by atoms with Gasteiger partial charge in [0.1, 0.15) is 25.1 Å². The summed E-state index contributed by atoms with van der Waals surface area (Å²) in [6.45, 7) is 18.5. The molecule has 1 aliphatic rings. The molecule has 0 amide bonds. The fourth-order valence-electron chi connectivity index (χ4n) is 6.21. The number of aromatic nitrogens is 4. The number of halogens is 1. The van der Waals surface area contributed by atoms with E-state index in [2.05, 4.69) is 55.2 Å². The Morgan fingerprint density at radius 1 is 0.939 bits per heavy atom. The van der Waals surface area contributed by atoms with Gasteiger partial charge < -0.3 is 19.1 Å². The second-order valence-corrected chi connectivity index (χ2v) is 27.1. The number of benzene rings is 1. The van der Waals surface area contributed by atoms with Crippen molar-refractivity contribution in [2.75, 3.05) is 38.2 Å². The van der Waals surface area contributed by atoms with Gasteiger partial charge in [-0.25, -0.2) is 9.37 Å². The van der Waals surface area contributed by atoms with E-state index in [-0.39, 0.29) is 17.7 Å². The molecule has 9 nitrogen and oxygen atoms in total. The van der Waals surface area contributed by atoms with Gasteiger partial charge in [0, 0.05) is 63.8 Å². The van der Waals surface area contributed by atoms with Crippen LogP contribution in [0.2, 0.25) is 51.4 Å². The van der Waals surface area contributed by atoms with Crippen LogP contribution in [-0.4, -0.2) is 75.0 Å². The van der Waals surface area contributed by atoms with Crippen molar-refractivity contribution in [1.29, 1.82) is 0 Å². The number of ether oxygens (including phenoxy) is 3. The number of pyridine rings is 1. The molecule has 0 unspecified atom stereocenters. The molecule has 266 valence electrons. The fraction of sp³-hybridized carbons (Fsp3) is 0.568. The molecule has 3 heterocycles. The van der Waals surface area contributed by atoms with Crippen molar-refractivity contribution in [2.24, 2.45) is 11.8 Å². The van der Waals surface area contributed by atoms with E-state index >= 15 is 0 Å². The van der Waals surface area contributed by atoms with Crippen LogP contribution in [0.1, 0.15) is 38.3 Å². The Hall–Kier alpha value is -3.20. The number of hydrogen-bond donors (Lipinski definition) is 0. The van der Waals surface area contributed by atoms with Crippen molar-refractivity contribution >= 4 is 44.5 Å². The van der Waals surface area contributed by atoms with Crippen LogP contribution in [0.3, 0.4) is 0 Å². The lowest BCUT2D eigenvalue weighted by Crippen LogP contribution is -2.33. The van der Waals surface area contributed by atoms with Gasteiger partial charge in [0.15, 0.2) is 5.65 Å². The maximum absolute atomic E-state index is 14.2. The van der Waals surface area contributed by atoms with Gasteiger partial charge in [-0.2, -0.15) is 9.61 Å². The summed E-state index contributed by atoms with van der Waals surface area (Å²) in [5.74, 6) is 0.859. The number of esters is 1. The first kappa shape index (κ1) is 37.1. The first-order chi connectivity index (χ1) is 23.3. The molecule has 49 heavy (non-hydrogen) atoms. The Balaban J connectivity index is 1.49. The molecule has 0 spiro atoms. The zero-order chi connectivity index (χ0) is 35.2. The van der Waals surface area contributed by atoms with Crippen molar-refractivity contribution in [3.63, 3.8) is 0 Å². The van der Waals surface area contributed by atoms with Crippen molar-refractivity contribution in [3.8, 4) is 11.1 Å². The van der Waals surface area contributed by atoms with E-state index in [0.29, 0.717) is 44.8 Å². The quantitative estimate of drug-likeness (QED) is 0.0496. The van der Waals surface area contributed by atoms with Crippen LogP contribution < -0.4 is 4.90 Å². The van der Waals surface area contributed by atoms with E-state index in [4.69, 9.17) is 24.3 Å². The molecule has 1 fully saturated rings. The third-order valence-corrected chi connectivity index (χ3v) is 12.6. The predicted molar refractivity (Wildman–Crippen MR) is 200 cm³/mol. The Bertz CT molecular complexity index is 1690. The van der Waals surface area contributed by atoms with Gasteiger partial charge in [0.2, 0.25) is 0 Å². The van der Waals surface area contributed by atoms with Crippen molar-refractivity contribution in [1.82, 2.24) is 19.6 Å². The highest BCUT2D eigenvalue weighted by molar-refractivity contribution is 6.76. The summed E-state index contributed by atoms with van der Waals surface area (Å²) in [7, 11) is -2.54. The molecule has 1 aromatic carbocycles. The van der Waals surface area contributed by atoms with Crippen LogP contribution in [0.4, 0.5) is 10.2 Å². The van der Waals surface area contributed by atoms with Gasteiger partial charge in [0.25, 0.3) is 0 Å². The first-order valence-electron chi connectivity index (χ1n) is 17.8. The molecule has 4 aromatic rings. The van der Waals surface area contributed by atoms with E-state index < -0.39 is 16.1 Å². The van der Waals surface area contributed by atoms with Gasteiger partial charge in [-0.05, 0) is 81.3 Å². The summed E-state index contributed by atoms with van der Waals surface area (Å²) < 4.78 is 34.0. The molecular weight excluding hydrogens is 654 g/mol. The van der Waals surface area contributed by atoms with Crippen LogP contribution in [0, 0.1) is 17.7 Å². The largest absolute Gasteiger partial charge is 0.466 e. The molecule has 0 N–H and O–H groups in total. The molecule has 0 bridgehead atoms. The molecule has 0 aliphatic heterocycles. The molecule has 5 rings (SSSR count). The minimum Gasteiger partial charge on any atom is -0.466 e. The second-order valence-electron chi connectivity index (χ2n) is 15.9. The number of fused-ring (bicyclic) bond motifs is 2. The van der Waals surface area contributed by atoms with Crippen molar-refractivity contribution in [2.45, 2.75) is 90.4 Å². The Kier molecular flexibility index (Phi) is 12.3. The molecule has 12 heteroatoms. The SMILES string of the molecule is CCOC(=O)C1CCC(Cc2cc(N(COCC[Si](C)(C)C)COCC[Si](C)(C)C)n3ncc(-c4cnc5ccc(F)cc5c4)c3n2)CC1. The van der Waals surface area contributed by atoms with Gasteiger partial charge in [-0.15, -0.1) is 0 Å². The molecule has 1 aliphatic carbocycles. The zero-order valence-electron chi connectivity index (χ0n) is 30.4. The maximum Gasteiger partial charge on any atom is 0.308 e. The first-order valence-corrected chi connectivity index (χ1v) is 25.2. The molecule has 1 saturated carbocycles. The minimum absolute atomic E-state index is 0.0222. The lowest BCUT2D eigenvalue weighted by Gasteiger charge is -2.28. The topological polar surface area (TPSA) is 91.1 Å². The number of hydrogen-bond acceptors (Lipinski definition) is 8. The molecule has 0 atom stereocenters. The summed E-state index contributed by atoms with van der Waals surface area (Å²) in [6, 6.07) is 10.8. The second kappa shape index (κ2) is 16.2. The minimum atomic E-state index is -1.27. The van der Waals surface area contributed by atoms with Gasteiger partial charge >= 0.3 is 5.97 Å². The van der Waals surface area contributed by atoms with E-state index in [1.807, 2.05) is 23.7 Å². The van der Waals surface area contributed by atoms with E-state index in [0.717, 1.165) is 77.7 Å². The number of nitrogens with zero attached hydrogens (tertiary/aromatic N) is 5. The molecule has 3 aromatic heterocycles. The Morgan fingerprint density at radius 3 is 2.24 bits per heavy atom. The van der Waals surface area contributed by atoms with Crippen molar-refractivity contribution < 1.29 is 23.4 Å². The lowest BCUT2D eigenvalue weighted by atomic mass is 9.80. The lowest BCUT2D eigenvalue weighted by molar-refractivity contribution is -0.149. The van der Waals surface area contributed by atoms with E-state index in [9.17, 15) is 9.18 Å². The maximum atomic E-state index is 14.2. The molecular formula is C37H54FN5O4Si2. The van der Waals surface area contributed by atoms with Gasteiger partial charge in [-0.1, -0.05) is 39.3 Å². The summed E-state index contributed by atoms with van der Waals surface area (Å²) in [5, 5.41) is 5.57. The average molecular weight is 708 g/mol. The van der Waals surface area contributed by atoms with E-state index in [1.54, 1.807) is 12.3 Å². The van der Waals surface area contributed by atoms with Crippen LogP contribution in [-0.2, 0) is 25.4 Å².